The minimum Gasteiger partial charge on any atom is -0.496 e. The molecule has 0 saturated heterocycles. The molecule has 21 heavy (non-hydrogen) atoms. The van der Waals surface area contributed by atoms with Gasteiger partial charge in [0.05, 0.1) is 19.3 Å². The van der Waals surface area contributed by atoms with Crippen LogP contribution in [0.15, 0.2) is 24.3 Å². The molecular weight excluding hydrogens is 270 g/mol. The first-order chi connectivity index (χ1) is 9.84. The van der Waals surface area contributed by atoms with E-state index in [1.165, 1.54) is 0 Å². The number of para-hydroxylation sites is 1. The van der Waals surface area contributed by atoms with Crippen molar-refractivity contribution in [1.29, 1.82) is 0 Å². The summed E-state index contributed by atoms with van der Waals surface area (Å²) in [7, 11) is 1.60. The summed E-state index contributed by atoms with van der Waals surface area (Å²) in [6.45, 7) is 6.24. The molecule has 1 heterocycles. The predicted molar refractivity (Wildman–Crippen MR) is 77.8 cm³/mol. The minimum atomic E-state index is -1.06. The second-order valence-electron chi connectivity index (χ2n) is 5.81. The van der Waals surface area contributed by atoms with Crippen LogP contribution in [-0.2, 0) is 12.0 Å². The number of hydrogen-bond donors (Lipinski definition) is 1. The molecule has 0 fully saturated rings. The molecule has 0 unspecified atom stereocenters. The third-order valence-corrected chi connectivity index (χ3v) is 3.16. The molecule has 0 spiro atoms. The molecule has 112 valence electrons. The zero-order valence-electron chi connectivity index (χ0n) is 12.6. The largest absolute Gasteiger partial charge is 0.496 e. The molecule has 1 aromatic carbocycles. The number of aromatic carboxylic acids is 1. The van der Waals surface area contributed by atoms with Gasteiger partial charge in [-0.15, -0.1) is 5.10 Å². The number of carbonyl (C=O) groups is 1. The Morgan fingerprint density at radius 2 is 2.00 bits per heavy atom. The highest BCUT2D eigenvalue weighted by molar-refractivity contribution is 5.86. The lowest BCUT2D eigenvalue weighted by Crippen LogP contribution is -2.22. The molecule has 0 amide bonds. The van der Waals surface area contributed by atoms with Crippen molar-refractivity contribution < 1.29 is 14.6 Å². The number of carboxylic acid groups (broad SMARTS) is 1. The van der Waals surface area contributed by atoms with E-state index in [0.717, 1.165) is 11.3 Å². The van der Waals surface area contributed by atoms with E-state index in [2.05, 4.69) is 10.3 Å². The summed E-state index contributed by atoms with van der Waals surface area (Å²) in [6, 6.07) is 7.58. The molecule has 2 rings (SSSR count). The van der Waals surface area contributed by atoms with Crippen molar-refractivity contribution in [3.05, 3.63) is 41.2 Å². The Labute approximate surface area is 123 Å². The summed E-state index contributed by atoms with van der Waals surface area (Å²) in [4.78, 5) is 11.3. The fourth-order valence-corrected chi connectivity index (χ4v) is 2.31. The van der Waals surface area contributed by atoms with Gasteiger partial charge in [-0.3, -0.25) is 0 Å². The van der Waals surface area contributed by atoms with Gasteiger partial charge >= 0.3 is 5.97 Å². The molecule has 0 aliphatic heterocycles. The van der Waals surface area contributed by atoms with Crippen LogP contribution < -0.4 is 4.74 Å². The molecule has 6 heteroatoms. The highest BCUT2D eigenvalue weighted by Gasteiger charge is 2.29. The first-order valence-corrected chi connectivity index (χ1v) is 6.63. The first-order valence-electron chi connectivity index (χ1n) is 6.63. The van der Waals surface area contributed by atoms with Crippen LogP contribution in [-0.4, -0.2) is 33.2 Å². The summed E-state index contributed by atoms with van der Waals surface area (Å²) in [5.74, 6) is -0.323. The van der Waals surface area contributed by atoms with Crippen LogP contribution in [0.3, 0.4) is 0 Å². The molecule has 1 aromatic heterocycles. The normalized spacial score (nSPS) is 11.4. The van der Waals surface area contributed by atoms with Crippen LogP contribution in [0.2, 0.25) is 0 Å². The number of aromatic nitrogens is 3. The van der Waals surface area contributed by atoms with E-state index in [4.69, 9.17) is 4.74 Å². The molecule has 0 aliphatic rings. The molecule has 0 saturated carbocycles. The third kappa shape index (κ3) is 3.04. The lowest BCUT2D eigenvalue weighted by molar-refractivity contribution is 0.0687. The maximum absolute atomic E-state index is 11.3. The van der Waals surface area contributed by atoms with E-state index in [1.807, 2.05) is 45.0 Å². The Morgan fingerprint density at radius 1 is 1.33 bits per heavy atom. The quantitative estimate of drug-likeness (QED) is 0.934. The van der Waals surface area contributed by atoms with Gasteiger partial charge in [-0.2, -0.15) is 0 Å². The maximum atomic E-state index is 11.3. The van der Waals surface area contributed by atoms with E-state index >= 15 is 0 Å². The van der Waals surface area contributed by atoms with Crippen LogP contribution in [0.4, 0.5) is 0 Å². The molecule has 2 aromatic rings. The number of ether oxygens (including phenoxy) is 1. The topological polar surface area (TPSA) is 77.2 Å². The van der Waals surface area contributed by atoms with Crippen molar-refractivity contribution >= 4 is 5.97 Å². The maximum Gasteiger partial charge on any atom is 0.358 e. The number of hydrogen-bond acceptors (Lipinski definition) is 4. The zero-order chi connectivity index (χ0) is 15.6. The standard InChI is InChI=1S/C15H19N3O3/c1-15(2,3)13-12(14(19)20)16-17-18(13)9-10-7-5-6-8-11(10)21-4/h5-8H,9H2,1-4H3,(H,19,20). The summed E-state index contributed by atoms with van der Waals surface area (Å²) in [6.07, 6.45) is 0. The predicted octanol–water partition coefficient (Wildman–Crippen LogP) is 2.33. The average molecular weight is 289 g/mol. The molecular formula is C15H19N3O3. The SMILES string of the molecule is COc1ccccc1Cn1nnc(C(=O)O)c1C(C)(C)C. The summed E-state index contributed by atoms with van der Waals surface area (Å²) in [5.41, 5.74) is 1.14. The second kappa shape index (κ2) is 5.55. The van der Waals surface area contributed by atoms with Crippen molar-refractivity contribution in [3.8, 4) is 5.75 Å². The highest BCUT2D eigenvalue weighted by atomic mass is 16.5. The van der Waals surface area contributed by atoms with E-state index in [9.17, 15) is 9.90 Å². The zero-order valence-corrected chi connectivity index (χ0v) is 12.6. The van der Waals surface area contributed by atoms with Crippen molar-refractivity contribution in [1.82, 2.24) is 15.0 Å². The van der Waals surface area contributed by atoms with E-state index < -0.39 is 5.97 Å². The van der Waals surface area contributed by atoms with Crippen LogP contribution in [0, 0.1) is 0 Å². The van der Waals surface area contributed by atoms with E-state index in [1.54, 1.807) is 11.8 Å². The van der Waals surface area contributed by atoms with Gasteiger partial charge in [-0.25, -0.2) is 9.48 Å². The van der Waals surface area contributed by atoms with Gasteiger partial charge in [0.25, 0.3) is 0 Å². The van der Waals surface area contributed by atoms with E-state index in [-0.39, 0.29) is 11.1 Å². The van der Waals surface area contributed by atoms with Gasteiger partial charge in [-0.1, -0.05) is 44.2 Å². The smallest absolute Gasteiger partial charge is 0.358 e. The Balaban J connectivity index is 2.48. The number of carboxylic acids is 1. The molecule has 6 nitrogen and oxygen atoms in total. The molecule has 0 aliphatic carbocycles. The third-order valence-electron chi connectivity index (χ3n) is 3.16. The van der Waals surface area contributed by atoms with Crippen molar-refractivity contribution in [2.75, 3.05) is 7.11 Å². The Kier molecular flexibility index (Phi) is 3.97. The summed E-state index contributed by atoms with van der Waals surface area (Å²) < 4.78 is 6.95. The van der Waals surface area contributed by atoms with Gasteiger partial charge in [0.2, 0.25) is 0 Å². The summed E-state index contributed by atoms with van der Waals surface area (Å²) >= 11 is 0. The fourth-order valence-electron chi connectivity index (χ4n) is 2.31. The number of methoxy groups -OCH3 is 1. The lowest BCUT2D eigenvalue weighted by atomic mass is 9.90. The summed E-state index contributed by atoms with van der Waals surface area (Å²) in [5, 5.41) is 17.1. The van der Waals surface area contributed by atoms with Crippen LogP contribution >= 0.6 is 0 Å². The monoisotopic (exact) mass is 289 g/mol. The fraction of sp³-hybridized carbons (Fsp3) is 0.400. The van der Waals surface area contributed by atoms with Gasteiger partial charge in [0.1, 0.15) is 5.75 Å². The highest BCUT2D eigenvalue weighted by Crippen LogP contribution is 2.27. The minimum absolute atomic E-state index is 0.00241. The van der Waals surface area contributed by atoms with E-state index in [0.29, 0.717) is 12.2 Å². The number of rotatable bonds is 4. The molecule has 0 atom stereocenters. The Hall–Kier alpha value is -2.37. The van der Waals surface area contributed by atoms with Gasteiger partial charge < -0.3 is 9.84 Å². The van der Waals surface area contributed by atoms with Crippen LogP contribution in [0.25, 0.3) is 0 Å². The lowest BCUT2D eigenvalue weighted by Gasteiger charge is -2.20. The Bertz CT molecular complexity index is 656. The van der Waals surface area contributed by atoms with Crippen LogP contribution in [0.1, 0.15) is 42.5 Å². The van der Waals surface area contributed by atoms with Crippen molar-refractivity contribution in [3.63, 3.8) is 0 Å². The molecule has 1 N–H and O–H groups in total. The number of nitrogens with zero attached hydrogens (tertiary/aromatic N) is 3. The van der Waals surface area contributed by atoms with Gasteiger partial charge in [0, 0.05) is 11.0 Å². The van der Waals surface area contributed by atoms with Crippen LogP contribution in [0.5, 0.6) is 5.75 Å². The van der Waals surface area contributed by atoms with Crippen molar-refractivity contribution in [2.45, 2.75) is 32.7 Å². The molecule has 0 bridgehead atoms. The average Bonchev–Trinajstić information content (AvgIpc) is 2.83. The van der Waals surface area contributed by atoms with Gasteiger partial charge in [0.15, 0.2) is 5.69 Å². The number of benzene rings is 1. The van der Waals surface area contributed by atoms with Gasteiger partial charge in [-0.05, 0) is 6.07 Å². The first kappa shape index (κ1) is 15.0. The van der Waals surface area contributed by atoms with Crippen molar-refractivity contribution in [2.24, 2.45) is 0 Å². The Morgan fingerprint density at radius 3 is 2.57 bits per heavy atom. The molecule has 0 radical (unpaired) electrons. The second-order valence-corrected chi connectivity index (χ2v) is 5.81.